The summed E-state index contributed by atoms with van der Waals surface area (Å²) in [6.45, 7) is 3.20. The first-order chi connectivity index (χ1) is 14.2. The molecule has 0 unspecified atom stereocenters. The number of anilines is 2. The average Bonchev–Trinajstić information content (AvgIpc) is 2.75. The Labute approximate surface area is 173 Å². The third kappa shape index (κ3) is 6.37. The molecule has 0 amide bonds. The van der Waals surface area contributed by atoms with Gasteiger partial charge in [-0.3, -0.25) is 4.98 Å². The van der Waals surface area contributed by atoms with Gasteiger partial charge in [-0.2, -0.15) is 4.98 Å². The summed E-state index contributed by atoms with van der Waals surface area (Å²) in [5, 5.41) is 25.7. The molecule has 7 heteroatoms. The molecule has 1 aliphatic rings. The molecule has 1 aliphatic carbocycles. The first kappa shape index (κ1) is 21.5. The van der Waals surface area contributed by atoms with Crippen molar-refractivity contribution in [1.29, 1.82) is 0 Å². The minimum Gasteiger partial charge on any atom is -0.396 e. The highest BCUT2D eigenvalue weighted by Crippen LogP contribution is 2.29. The van der Waals surface area contributed by atoms with E-state index in [0.29, 0.717) is 12.0 Å². The van der Waals surface area contributed by atoms with Gasteiger partial charge < -0.3 is 20.8 Å². The van der Waals surface area contributed by atoms with Crippen LogP contribution in [0.2, 0.25) is 0 Å². The van der Waals surface area contributed by atoms with E-state index in [-0.39, 0.29) is 12.7 Å². The van der Waals surface area contributed by atoms with Crippen LogP contribution >= 0.6 is 0 Å². The summed E-state index contributed by atoms with van der Waals surface area (Å²) in [7, 11) is 0. The van der Waals surface area contributed by atoms with Crippen molar-refractivity contribution in [3.8, 4) is 11.3 Å². The Morgan fingerprint density at radius 3 is 2.59 bits per heavy atom. The molecule has 0 saturated heterocycles. The molecular weight excluding hydrogens is 366 g/mol. The number of hydrogen-bond acceptors (Lipinski definition) is 7. The Kier molecular flexibility index (Phi) is 8.19. The minimum absolute atomic E-state index is 0.183. The maximum Gasteiger partial charge on any atom is 0.224 e. The lowest BCUT2D eigenvalue weighted by atomic mass is 9.93. The second-order valence-corrected chi connectivity index (χ2v) is 7.76. The minimum atomic E-state index is -0.183. The first-order valence-corrected chi connectivity index (χ1v) is 10.8. The van der Waals surface area contributed by atoms with Gasteiger partial charge in [-0.1, -0.05) is 19.4 Å². The summed E-state index contributed by atoms with van der Waals surface area (Å²) < 4.78 is 0. The highest BCUT2D eigenvalue weighted by Gasteiger charge is 2.21. The fraction of sp³-hybridized carbons (Fsp3) is 0.591. The third-order valence-electron chi connectivity index (χ3n) is 5.36. The Morgan fingerprint density at radius 2 is 1.90 bits per heavy atom. The fourth-order valence-corrected chi connectivity index (χ4v) is 3.57. The molecule has 4 N–H and O–H groups in total. The van der Waals surface area contributed by atoms with E-state index in [1.54, 1.807) is 0 Å². The summed E-state index contributed by atoms with van der Waals surface area (Å²) >= 11 is 0. The van der Waals surface area contributed by atoms with E-state index < -0.39 is 0 Å². The van der Waals surface area contributed by atoms with Crippen molar-refractivity contribution < 1.29 is 10.2 Å². The molecule has 0 radical (unpaired) electrons. The summed E-state index contributed by atoms with van der Waals surface area (Å²) in [5.74, 6) is 1.41. The van der Waals surface area contributed by atoms with E-state index in [4.69, 9.17) is 10.1 Å². The van der Waals surface area contributed by atoms with Crippen LogP contribution in [-0.4, -0.2) is 50.5 Å². The van der Waals surface area contributed by atoms with Gasteiger partial charge in [0.1, 0.15) is 5.82 Å². The van der Waals surface area contributed by atoms with Crippen molar-refractivity contribution in [1.82, 2.24) is 15.0 Å². The SMILES string of the molecule is CCCCNc1ncc(-c2ccc(CCCO)cn2)c(NC2CCC(O)CC2)n1. The lowest BCUT2D eigenvalue weighted by molar-refractivity contribution is 0.126. The lowest BCUT2D eigenvalue weighted by Gasteiger charge is -2.27. The average molecular weight is 400 g/mol. The Bertz CT molecular complexity index is 745. The second-order valence-electron chi connectivity index (χ2n) is 7.76. The third-order valence-corrected chi connectivity index (χ3v) is 5.36. The van der Waals surface area contributed by atoms with Gasteiger partial charge in [0.15, 0.2) is 0 Å². The van der Waals surface area contributed by atoms with Crippen LogP contribution in [0.15, 0.2) is 24.5 Å². The monoisotopic (exact) mass is 399 g/mol. The van der Waals surface area contributed by atoms with E-state index in [0.717, 1.165) is 80.6 Å². The largest absolute Gasteiger partial charge is 0.396 e. The van der Waals surface area contributed by atoms with Crippen LogP contribution in [0, 0.1) is 0 Å². The van der Waals surface area contributed by atoms with E-state index in [2.05, 4.69) is 27.5 Å². The molecule has 2 aromatic rings. The number of aliphatic hydroxyl groups is 2. The van der Waals surface area contributed by atoms with Crippen LogP contribution in [0.25, 0.3) is 11.3 Å². The molecule has 1 saturated carbocycles. The molecule has 1 fully saturated rings. The molecule has 2 heterocycles. The Hall–Kier alpha value is -2.25. The number of aromatic nitrogens is 3. The highest BCUT2D eigenvalue weighted by molar-refractivity contribution is 5.72. The number of aliphatic hydroxyl groups excluding tert-OH is 2. The van der Waals surface area contributed by atoms with Crippen molar-refractivity contribution in [3.63, 3.8) is 0 Å². The maximum atomic E-state index is 9.79. The summed E-state index contributed by atoms with van der Waals surface area (Å²) in [6, 6.07) is 4.33. The van der Waals surface area contributed by atoms with Crippen molar-refractivity contribution in [3.05, 3.63) is 30.1 Å². The number of nitrogens with one attached hydrogen (secondary N) is 2. The van der Waals surface area contributed by atoms with Gasteiger partial charge in [0.25, 0.3) is 0 Å². The molecule has 158 valence electrons. The first-order valence-electron chi connectivity index (χ1n) is 10.8. The number of pyridine rings is 1. The quantitative estimate of drug-likeness (QED) is 0.454. The molecular formula is C22H33N5O2. The van der Waals surface area contributed by atoms with Crippen LogP contribution in [0.4, 0.5) is 11.8 Å². The van der Waals surface area contributed by atoms with Gasteiger partial charge in [-0.15, -0.1) is 0 Å². The van der Waals surface area contributed by atoms with Crippen LogP contribution in [0.3, 0.4) is 0 Å². The second kappa shape index (κ2) is 11.1. The predicted octanol–water partition coefficient (Wildman–Crippen LogP) is 3.39. The standard InChI is InChI=1S/C22H33N5O2/c1-2-3-12-23-22-25-15-19(20-11-6-16(14-24-20)5-4-13-28)21(27-22)26-17-7-9-18(29)10-8-17/h6,11,14-15,17-18,28-29H,2-5,7-10,12-13H2,1H3,(H2,23,25,26,27). The Balaban J connectivity index is 1.80. The zero-order chi connectivity index (χ0) is 20.5. The zero-order valence-corrected chi connectivity index (χ0v) is 17.3. The number of hydrogen-bond donors (Lipinski definition) is 4. The highest BCUT2D eigenvalue weighted by atomic mass is 16.3. The molecule has 29 heavy (non-hydrogen) atoms. The van der Waals surface area contributed by atoms with Crippen molar-refractivity contribution in [2.45, 2.75) is 70.4 Å². The van der Waals surface area contributed by atoms with Crippen LogP contribution in [-0.2, 0) is 6.42 Å². The lowest BCUT2D eigenvalue weighted by Crippen LogP contribution is -2.29. The molecule has 0 bridgehead atoms. The van der Waals surface area contributed by atoms with Crippen LogP contribution in [0.1, 0.15) is 57.4 Å². The molecule has 0 aliphatic heterocycles. The van der Waals surface area contributed by atoms with Gasteiger partial charge in [0.05, 0.1) is 17.4 Å². The number of unbranched alkanes of at least 4 members (excludes halogenated alkanes) is 1. The molecule has 0 spiro atoms. The topological polar surface area (TPSA) is 103 Å². The predicted molar refractivity (Wildman–Crippen MR) is 116 cm³/mol. The number of rotatable bonds is 10. The number of nitrogens with zero attached hydrogens (tertiary/aromatic N) is 3. The van der Waals surface area contributed by atoms with Gasteiger partial charge in [0.2, 0.25) is 5.95 Å². The van der Waals surface area contributed by atoms with Gasteiger partial charge in [0, 0.05) is 31.6 Å². The van der Waals surface area contributed by atoms with Gasteiger partial charge in [-0.05, 0) is 56.6 Å². The van der Waals surface area contributed by atoms with Crippen LogP contribution in [0.5, 0.6) is 0 Å². The molecule has 0 aromatic carbocycles. The number of aryl methyl sites for hydroxylation is 1. The molecule has 2 aromatic heterocycles. The van der Waals surface area contributed by atoms with Gasteiger partial charge >= 0.3 is 0 Å². The van der Waals surface area contributed by atoms with E-state index in [1.165, 1.54) is 0 Å². The van der Waals surface area contributed by atoms with E-state index in [1.807, 2.05) is 24.5 Å². The normalized spacial score (nSPS) is 19.1. The molecule has 3 rings (SSSR count). The molecule has 0 atom stereocenters. The van der Waals surface area contributed by atoms with Crippen molar-refractivity contribution >= 4 is 11.8 Å². The fourth-order valence-electron chi connectivity index (χ4n) is 3.57. The summed E-state index contributed by atoms with van der Waals surface area (Å²) in [6.07, 6.45) is 10.7. The summed E-state index contributed by atoms with van der Waals surface area (Å²) in [5.41, 5.74) is 2.82. The smallest absolute Gasteiger partial charge is 0.224 e. The Morgan fingerprint density at radius 1 is 1.07 bits per heavy atom. The van der Waals surface area contributed by atoms with Gasteiger partial charge in [-0.25, -0.2) is 4.98 Å². The molecule has 7 nitrogen and oxygen atoms in total. The van der Waals surface area contributed by atoms with Crippen LogP contribution < -0.4 is 10.6 Å². The van der Waals surface area contributed by atoms with E-state index in [9.17, 15) is 5.11 Å². The van der Waals surface area contributed by atoms with Crippen molar-refractivity contribution in [2.75, 3.05) is 23.8 Å². The summed E-state index contributed by atoms with van der Waals surface area (Å²) in [4.78, 5) is 13.8. The van der Waals surface area contributed by atoms with Crippen molar-refractivity contribution in [2.24, 2.45) is 0 Å². The zero-order valence-electron chi connectivity index (χ0n) is 17.3. The maximum absolute atomic E-state index is 9.79. The van der Waals surface area contributed by atoms with E-state index >= 15 is 0 Å².